The van der Waals surface area contributed by atoms with Gasteiger partial charge in [0.05, 0.1) is 0 Å². The zero-order chi connectivity index (χ0) is 10.6. The Hall–Kier alpha value is -0.970. The summed E-state index contributed by atoms with van der Waals surface area (Å²) in [5.41, 5.74) is 7.22. The van der Waals surface area contributed by atoms with Crippen LogP contribution in [-0.4, -0.2) is 19.2 Å². The van der Waals surface area contributed by atoms with Crippen LogP contribution in [0, 0.1) is 0 Å². The summed E-state index contributed by atoms with van der Waals surface area (Å²) in [7, 11) is 3.15. The highest BCUT2D eigenvalue weighted by atomic mass is 32.1. The fraction of sp³-hybridized carbons (Fsp3) is 0.300. The summed E-state index contributed by atoms with van der Waals surface area (Å²) in [6.07, 6.45) is -0.423. The third kappa shape index (κ3) is 2.29. The molecule has 0 saturated carbocycles. The van der Waals surface area contributed by atoms with Crippen molar-refractivity contribution in [1.82, 2.24) is 0 Å². The van der Waals surface area contributed by atoms with Gasteiger partial charge in [0.25, 0.3) is 0 Å². The molecule has 0 bridgehead atoms. The van der Waals surface area contributed by atoms with Crippen molar-refractivity contribution in [1.29, 1.82) is 0 Å². The predicted molar refractivity (Wildman–Crippen MR) is 59.1 cm³/mol. The van der Waals surface area contributed by atoms with Crippen LogP contribution in [-0.2, 0) is 9.47 Å². The van der Waals surface area contributed by atoms with Crippen LogP contribution in [0.1, 0.15) is 17.4 Å². The summed E-state index contributed by atoms with van der Waals surface area (Å²) in [6, 6.07) is 7.50. The lowest BCUT2D eigenvalue weighted by Crippen LogP contribution is -2.15. The van der Waals surface area contributed by atoms with E-state index in [0.717, 1.165) is 11.1 Å². The molecule has 0 spiro atoms. The largest absolute Gasteiger partial charge is 0.389 e. The molecular weight excluding hydrogens is 198 g/mol. The van der Waals surface area contributed by atoms with Crippen molar-refractivity contribution >= 4 is 17.2 Å². The molecule has 1 rings (SSSR count). The van der Waals surface area contributed by atoms with Crippen LogP contribution >= 0.6 is 12.2 Å². The van der Waals surface area contributed by atoms with Gasteiger partial charge >= 0.3 is 0 Å². The van der Waals surface area contributed by atoms with Crippen molar-refractivity contribution < 1.29 is 9.47 Å². The van der Waals surface area contributed by atoms with Gasteiger partial charge in [-0.25, -0.2) is 0 Å². The summed E-state index contributed by atoms with van der Waals surface area (Å²) in [6.45, 7) is 0. The summed E-state index contributed by atoms with van der Waals surface area (Å²) in [5, 5.41) is 0. The lowest BCUT2D eigenvalue weighted by molar-refractivity contribution is -0.106. The maximum Gasteiger partial charge on any atom is 0.183 e. The van der Waals surface area contributed by atoms with E-state index in [0.29, 0.717) is 4.99 Å². The average Bonchev–Trinajstić information content (AvgIpc) is 2.20. The molecule has 0 amide bonds. The molecule has 0 aliphatic carbocycles. The lowest BCUT2D eigenvalue weighted by Gasteiger charge is -2.16. The minimum absolute atomic E-state index is 0.347. The molecule has 0 saturated heterocycles. The quantitative estimate of drug-likeness (QED) is 0.607. The summed E-state index contributed by atoms with van der Waals surface area (Å²) >= 11 is 4.93. The summed E-state index contributed by atoms with van der Waals surface area (Å²) < 4.78 is 10.3. The molecule has 0 atom stereocenters. The average molecular weight is 211 g/mol. The Kier molecular flexibility index (Phi) is 4.00. The molecule has 4 heteroatoms. The Labute approximate surface area is 88.8 Å². The fourth-order valence-corrected chi connectivity index (χ4v) is 1.46. The molecule has 0 heterocycles. The van der Waals surface area contributed by atoms with Crippen molar-refractivity contribution in [3.63, 3.8) is 0 Å². The van der Waals surface area contributed by atoms with E-state index in [1.807, 2.05) is 24.3 Å². The van der Waals surface area contributed by atoms with Crippen molar-refractivity contribution in [2.45, 2.75) is 6.29 Å². The molecule has 3 nitrogen and oxygen atoms in total. The fourth-order valence-electron chi connectivity index (χ4n) is 1.28. The summed E-state index contributed by atoms with van der Waals surface area (Å²) in [5.74, 6) is 0. The number of benzene rings is 1. The minimum atomic E-state index is -0.423. The van der Waals surface area contributed by atoms with E-state index in [9.17, 15) is 0 Å². The first-order valence-electron chi connectivity index (χ1n) is 4.15. The molecule has 14 heavy (non-hydrogen) atoms. The van der Waals surface area contributed by atoms with Crippen LogP contribution in [0.15, 0.2) is 24.3 Å². The van der Waals surface area contributed by atoms with Crippen molar-refractivity contribution in [3.8, 4) is 0 Å². The van der Waals surface area contributed by atoms with Gasteiger partial charge in [-0.3, -0.25) is 0 Å². The topological polar surface area (TPSA) is 44.5 Å². The standard InChI is InChI=1S/C10H13NO2S/c1-12-10(13-2)8-6-4-3-5-7(8)9(11)14/h3-6,10H,1-2H3,(H2,11,14). The van der Waals surface area contributed by atoms with Crippen LogP contribution < -0.4 is 5.73 Å². The van der Waals surface area contributed by atoms with Crippen LogP contribution in [0.5, 0.6) is 0 Å². The maximum atomic E-state index is 5.58. The molecule has 0 radical (unpaired) electrons. The van der Waals surface area contributed by atoms with Crippen molar-refractivity contribution in [2.75, 3.05) is 14.2 Å². The molecule has 0 aliphatic heterocycles. The van der Waals surface area contributed by atoms with Gasteiger partial charge in [0.1, 0.15) is 4.99 Å². The third-order valence-electron chi connectivity index (χ3n) is 1.91. The number of hydrogen-bond acceptors (Lipinski definition) is 3. The Bertz CT molecular complexity index is 324. The number of nitrogens with two attached hydrogens (primary N) is 1. The maximum absolute atomic E-state index is 5.58. The first-order chi connectivity index (χ1) is 6.70. The predicted octanol–water partition coefficient (Wildman–Crippen LogP) is 1.61. The summed E-state index contributed by atoms with van der Waals surface area (Å²) in [4.78, 5) is 0.347. The van der Waals surface area contributed by atoms with E-state index in [2.05, 4.69) is 0 Å². The third-order valence-corrected chi connectivity index (χ3v) is 2.13. The zero-order valence-corrected chi connectivity index (χ0v) is 9.01. The zero-order valence-electron chi connectivity index (χ0n) is 8.19. The number of ether oxygens (including phenoxy) is 2. The lowest BCUT2D eigenvalue weighted by atomic mass is 10.1. The van der Waals surface area contributed by atoms with E-state index in [1.54, 1.807) is 14.2 Å². The molecule has 76 valence electrons. The van der Waals surface area contributed by atoms with Gasteiger partial charge in [0.15, 0.2) is 6.29 Å². The van der Waals surface area contributed by atoms with Crippen LogP contribution in [0.2, 0.25) is 0 Å². The molecule has 0 unspecified atom stereocenters. The molecule has 1 aromatic rings. The van der Waals surface area contributed by atoms with Gasteiger partial charge in [0.2, 0.25) is 0 Å². The van der Waals surface area contributed by atoms with Gasteiger partial charge in [0, 0.05) is 25.3 Å². The highest BCUT2D eigenvalue weighted by molar-refractivity contribution is 7.80. The number of rotatable bonds is 4. The number of hydrogen-bond donors (Lipinski definition) is 1. The first kappa shape index (κ1) is 11.1. The van der Waals surface area contributed by atoms with E-state index in [1.165, 1.54) is 0 Å². The second kappa shape index (κ2) is 5.05. The van der Waals surface area contributed by atoms with E-state index >= 15 is 0 Å². The second-order valence-corrected chi connectivity index (χ2v) is 3.19. The van der Waals surface area contributed by atoms with Gasteiger partial charge < -0.3 is 15.2 Å². The Morgan fingerprint density at radius 3 is 2.36 bits per heavy atom. The number of methoxy groups -OCH3 is 2. The molecule has 0 fully saturated rings. The molecule has 0 aromatic heterocycles. The minimum Gasteiger partial charge on any atom is -0.389 e. The second-order valence-electron chi connectivity index (χ2n) is 2.75. The highest BCUT2D eigenvalue weighted by Gasteiger charge is 2.14. The first-order valence-corrected chi connectivity index (χ1v) is 4.55. The van der Waals surface area contributed by atoms with Gasteiger partial charge in [-0.15, -0.1) is 0 Å². The molecule has 0 aliphatic rings. The number of thiocarbonyl (C=S) groups is 1. The van der Waals surface area contributed by atoms with Gasteiger partial charge in [-0.2, -0.15) is 0 Å². The Morgan fingerprint density at radius 2 is 1.86 bits per heavy atom. The van der Waals surface area contributed by atoms with E-state index in [-0.39, 0.29) is 0 Å². The van der Waals surface area contributed by atoms with Crippen LogP contribution in [0.3, 0.4) is 0 Å². The van der Waals surface area contributed by atoms with Crippen molar-refractivity contribution in [2.24, 2.45) is 5.73 Å². The Morgan fingerprint density at radius 1 is 1.29 bits per heavy atom. The Balaban J connectivity index is 3.11. The SMILES string of the molecule is COC(OC)c1ccccc1C(N)=S. The molecule has 1 aromatic carbocycles. The molecule has 2 N–H and O–H groups in total. The van der Waals surface area contributed by atoms with Gasteiger partial charge in [-0.1, -0.05) is 36.5 Å². The van der Waals surface area contributed by atoms with Crippen molar-refractivity contribution in [3.05, 3.63) is 35.4 Å². The smallest absolute Gasteiger partial charge is 0.183 e. The van der Waals surface area contributed by atoms with E-state index in [4.69, 9.17) is 27.4 Å². The monoisotopic (exact) mass is 211 g/mol. The van der Waals surface area contributed by atoms with Crippen LogP contribution in [0.4, 0.5) is 0 Å². The highest BCUT2D eigenvalue weighted by Crippen LogP contribution is 2.21. The van der Waals surface area contributed by atoms with E-state index < -0.39 is 6.29 Å². The normalized spacial score (nSPS) is 10.5. The molecular formula is C10H13NO2S. The van der Waals surface area contributed by atoms with Crippen LogP contribution in [0.25, 0.3) is 0 Å². The van der Waals surface area contributed by atoms with Gasteiger partial charge in [-0.05, 0) is 0 Å².